The van der Waals surface area contributed by atoms with Crippen LogP contribution in [0.15, 0.2) is 28.7 Å². The minimum Gasteiger partial charge on any atom is -0.394 e. The average molecular weight is 316 g/mol. The Balaban J connectivity index is 2.54. The van der Waals surface area contributed by atoms with Crippen molar-refractivity contribution in [3.05, 3.63) is 34.3 Å². The third-order valence-corrected chi connectivity index (χ3v) is 3.88. The lowest BCUT2D eigenvalue weighted by Gasteiger charge is -2.34. The Labute approximate surface area is 118 Å². The second-order valence-corrected chi connectivity index (χ2v) is 6.17. The van der Waals surface area contributed by atoms with Gasteiger partial charge in [0.15, 0.2) is 0 Å². The van der Waals surface area contributed by atoms with Crippen molar-refractivity contribution >= 4 is 15.9 Å². The van der Waals surface area contributed by atoms with Crippen molar-refractivity contribution in [2.75, 3.05) is 20.2 Å². The molecular weight excluding hydrogens is 294 g/mol. The highest BCUT2D eigenvalue weighted by Crippen LogP contribution is 2.22. The third-order valence-electron chi connectivity index (χ3n) is 3.39. The van der Waals surface area contributed by atoms with Gasteiger partial charge in [0.1, 0.15) is 0 Å². The first-order chi connectivity index (χ1) is 8.36. The van der Waals surface area contributed by atoms with Gasteiger partial charge in [-0.2, -0.15) is 0 Å². The molecule has 18 heavy (non-hydrogen) atoms. The van der Waals surface area contributed by atoms with Crippen LogP contribution in [0, 0.1) is 0 Å². The van der Waals surface area contributed by atoms with Crippen LogP contribution >= 0.6 is 15.9 Å². The molecule has 1 unspecified atom stereocenters. The summed E-state index contributed by atoms with van der Waals surface area (Å²) in [7, 11) is 1.96. The van der Waals surface area contributed by atoms with Crippen molar-refractivity contribution in [3.8, 4) is 0 Å². The average Bonchev–Trinajstić information content (AvgIpc) is 2.35. The molecule has 0 heterocycles. The third kappa shape index (κ3) is 4.35. The zero-order chi connectivity index (χ0) is 13.8. The Bertz CT molecular complexity index is 382. The second kappa shape index (κ2) is 6.66. The molecule has 0 aliphatic rings. The summed E-state index contributed by atoms with van der Waals surface area (Å²) in [6, 6.07) is 7.72. The maximum absolute atomic E-state index is 10.1. The zero-order valence-electron chi connectivity index (χ0n) is 11.2. The van der Waals surface area contributed by atoms with Crippen LogP contribution in [0.4, 0.5) is 0 Å². The van der Waals surface area contributed by atoms with Gasteiger partial charge in [-0.15, -0.1) is 0 Å². The van der Waals surface area contributed by atoms with Crippen LogP contribution in [-0.2, 0) is 0 Å². The molecule has 0 radical (unpaired) electrons. The maximum atomic E-state index is 10.1. The number of benzene rings is 1. The molecule has 1 aromatic carbocycles. The van der Waals surface area contributed by atoms with Crippen molar-refractivity contribution < 1.29 is 10.2 Å². The maximum Gasteiger partial charge on any atom is 0.0802 e. The predicted molar refractivity (Wildman–Crippen MR) is 77.5 cm³/mol. The van der Waals surface area contributed by atoms with Gasteiger partial charge in [0, 0.05) is 16.6 Å². The monoisotopic (exact) mass is 315 g/mol. The number of likely N-dealkylation sites (N-methyl/N-ethyl adjacent to an activating group) is 1. The van der Waals surface area contributed by atoms with Crippen LogP contribution in [0.5, 0.6) is 0 Å². The minimum atomic E-state index is -0.473. The fourth-order valence-electron chi connectivity index (χ4n) is 1.62. The van der Waals surface area contributed by atoms with Crippen molar-refractivity contribution in [2.45, 2.75) is 31.9 Å². The molecule has 0 spiro atoms. The predicted octanol–water partition coefficient (Wildman–Crippen LogP) is 2.58. The minimum absolute atomic E-state index is 0.108. The van der Waals surface area contributed by atoms with E-state index in [4.69, 9.17) is 0 Å². The lowest BCUT2D eigenvalue weighted by Crippen LogP contribution is -2.44. The first-order valence-electron chi connectivity index (χ1n) is 6.12. The number of hydrogen-bond donors (Lipinski definition) is 2. The van der Waals surface area contributed by atoms with Crippen LogP contribution < -0.4 is 0 Å². The van der Waals surface area contributed by atoms with E-state index in [1.165, 1.54) is 0 Å². The molecule has 102 valence electrons. The fourth-order valence-corrected chi connectivity index (χ4v) is 2.04. The van der Waals surface area contributed by atoms with Crippen molar-refractivity contribution in [3.63, 3.8) is 0 Å². The van der Waals surface area contributed by atoms with Crippen LogP contribution in [-0.4, -0.2) is 40.9 Å². The van der Waals surface area contributed by atoms with E-state index in [0.29, 0.717) is 6.42 Å². The smallest absolute Gasteiger partial charge is 0.0802 e. The zero-order valence-corrected chi connectivity index (χ0v) is 12.8. The number of aliphatic hydroxyl groups excluding tert-OH is 2. The van der Waals surface area contributed by atoms with E-state index in [2.05, 4.69) is 20.8 Å². The summed E-state index contributed by atoms with van der Waals surface area (Å²) in [5.74, 6) is 0. The number of nitrogens with zero attached hydrogens (tertiary/aromatic N) is 1. The van der Waals surface area contributed by atoms with Gasteiger partial charge in [-0.1, -0.05) is 28.1 Å². The summed E-state index contributed by atoms with van der Waals surface area (Å²) in [5, 5.41) is 19.4. The molecule has 0 saturated heterocycles. The first-order valence-corrected chi connectivity index (χ1v) is 6.92. The second-order valence-electron chi connectivity index (χ2n) is 5.25. The van der Waals surface area contributed by atoms with Crippen LogP contribution in [0.3, 0.4) is 0 Å². The van der Waals surface area contributed by atoms with Crippen LogP contribution in [0.2, 0.25) is 0 Å². The van der Waals surface area contributed by atoms with Gasteiger partial charge < -0.3 is 10.2 Å². The largest absolute Gasteiger partial charge is 0.394 e. The van der Waals surface area contributed by atoms with Crippen LogP contribution in [0.1, 0.15) is 31.9 Å². The number of halogens is 1. The first kappa shape index (κ1) is 15.6. The van der Waals surface area contributed by atoms with Crippen molar-refractivity contribution in [1.29, 1.82) is 0 Å². The van der Waals surface area contributed by atoms with E-state index in [9.17, 15) is 10.2 Å². The summed E-state index contributed by atoms with van der Waals surface area (Å²) in [6.45, 7) is 4.81. The summed E-state index contributed by atoms with van der Waals surface area (Å²) in [6.07, 6.45) is 0.176. The molecule has 1 aromatic rings. The summed E-state index contributed by atoms with van der Waals surface area (Å²) < 4.78 is 0.975. The van der Waals surface area contributed by atoms with Gasteiger partial charge in [0.05, 0.1) is 12.7 Å². The summed E-state index contributed by atoms with van der Waals surface area (Å²) >= 11 is 3.40. The van der Waals surface area contributed by atoms with E-state index < -0.39 is 6.10 Å². The molecule has 1 atom stereocenters. The topological polar surface area (TPSA) is 43.7 Å². The van der Waals surface area contributed by atoms with Gasteiger partial charge in [-0.05, 0) is 45.0 Å². The Morgan fingerprint density at radius 2 is 2.06 bits per heavy atom. The van der Waals surface area contributed by atoms with Crippen molar-refractivity contribution in [1.82, 2.24) is 4.90 Å². The SMILES string of the molecule is CN(CCC(O)c1cccc(Br)c1)C(C)(C)CO. The Kier molecular flexibility index (Phi) is 5.79. The lowest BCUT2D eigenvalue weighted by atomic mass is 10.0. The molecule has 0 aliphatic heterocycles. The highest BCUT2D eigenvalue weighted by atomic mass is 79.9. The standard InChI is InChI=1S/C14H22BrNO2/c1-14(2,10-17)16(3)8-7-13(18)11-5-4-6-12(15)9-11/h4-6,9,13,17-18H,7-8,10H2,1-3H3. The molecule has 0 amide bonds. The van der Waals surface area contributed by atoms with Crippen LogP contribution in [0.25, 0.3) is 0 Å². The molecule has 4 heteroatoms. The molecule has 0 aliphatic carbocycles. The van der Waals surface area contributed by atoms with Gasteiger partial charge in [-0.25, -0.2) is 0 Å². The van der Waals surface area contributed by atoms with E-state index >= 15 is 0 Å². The molecule has 2 N–H and O–H groups in total. The Morgan fingerprint density at radius 1 is 1.39 bits per heavy atom. The van der Waals surface area contributed by atoms with E-state index in [0.717, 1.165) is 16.6 Å². The molecular formula is C14H22BrNO2. The highest BCUT2D eigenvalue weighted by Gasteiger charge is 2.22. The van der Waals surface area contributed by atoms with Gasteiger partial charge in [-0.3, -0.25) is 4.90 Å². The summed E-state index contributed by atoms with van der Waals surface area (Å²) in [5.41, 5.74) is 0.663. The Morgan fingerprint density at radius 3 is 2.61 bits per heavy atom. The van der Waals surface area contributed by atoms with Crippen molar-refractivity contribution in [2.24, 2.45) is 0 Å². The van der Waals surface area contributed by atoms with E-state index in [-0.39, 0.29) is 12.1 Å². The fraction of sp³-hybridized carbons (Fsp3) is 0.571. The van der Waals surface area contributed by atoms with E-state index in [1.54, 1.807) is 0 Å². The molecule has 0 saturated carbocycles. The van der Waals surface area contributed by atoms with Gasteiger partial charge >= 0.3 is 0 Å². The normalized spacial score (nSPS) is 13.9. The van der Waals surface area contributed by atoms with Gasteiger partial charge in [0.25, 0.3) is 0 Å². The number of rotatable bonds is 6. The quantitative estimate of drug-likeness (QED) is 0.848. The summed E-state index contributed by atoms with van der Waals surface area (Å²) in [4.78, 5) is 2.06. The molecule has 1 rings (SSSR count). The highest BCUT2D eigenvalue weighted by molar-refractivity contribution is 9.10. The molecule has 0 bridgehead atoms. The lowest BCUT2D eigenvalue weighted by molar-refractivity contribution is 0.0619. The van der Waals surface area contributed by atoms with E-state index in [1.807, 2.05) is 45.2 Å². The molecule has 3 nitrogen and oxygen atoms in total. The molecule has 0 aromatic heterocycles. The number of hydrogen-bond acceptors (Lipinski definition) is 3. The Hall–Kier alpha value is -0.420. The number of aliphatic hydroxyl groups is 2. The molecule has 0 fully saturated rings. The van der Waals surface area contributed by atoms with Gasteiger partial charge in [0.2, 0.25) is 0 Å².